The molecular formula is C26H36N8. The Balaban J connectivity index is 1.52. The zero-order valence-corrected chi connectivity index (χ0v) is 20.5. The van der Waals surface area contributed by atoms with Crippen LogP contribution >= 0.6 is 0 Å². The quantitative estimate of drug-likeness (QED) is 0.379. The van der Waals surface area contributed by atoms with E-state index < -0.39 is 0 Å². The normalized spacial score (nSPS) is 18.1. The first-order valence-electron chi connectivity index (χ1n) is 12.1. The maximum Gasteiger partial charge on any atom is 0.229 e. The number of allylic oxidation sites excluding steroid dienone is 1. The van der Waals surface area contributed by atoms with Crippen molar-refractivity contribution in [3.05, 3.63) is 66.5 Å². The van der Waals surface area contributed by atoms with Crippen molar-refractivity contribution in [3.63, 3.8) is 0 Å². The highest BCUT2D eigenvalue weighted by atomic mass is 15.4. The van der Waals surface area contributed by atoms with Gasteiger partial charge in [0.1, 0.15) is 0 Å². The summed E-state index contributed by atoms with van der Waals surface area (Å²) in [7, 11) is 4.33. The summed E-state index contributed by atoms with van der Waals surface area (Å²) in [6.45, 7) is 10.4. The van der Waals surface area contributed by atoms with E-state index in [0.29, 0.717) is 30.5 Å². The minimum atomic E-state index is 0.389. The summed E-state index contributed by atoms with van der Waals surface area (Å²) in [5.41, 5.74) is 4.82. The molecule has 8 nitrogen and oxygen atoms in total. The number of rotatable bonds is 10. The van der Waals surface area contributed by atoms with Gasteiger partial charge in [-0.15, -0.1) is 0 Å². The van der Waals surface area contributed by atoms with E-state index in [1.807, 2.05) is 18.3 Å². The highest BCUT2D eigenvalue weighted by Crippen LogP contribution is 2.25. The van der Waals surface area contributed by atoms with Gasteiger partial charge in [0, 0.05) is 35.6 Å². The van der Waals surface area contributed by atoms with Gasteiger partial charge in [-0.05, 0) is 70.0 Å². The van der Waals surface area contributed by atoms with Gasteiger partial charge in [-0.1, -0.05) is 32.2 Å². The molecule has 3 aromatic rings. The Morgan fingerprint density at radius 2 is 2.00 bits per heavy atom. The van der Waals surface area contributed by atoms with Crippen LogP contribution in [0, 0.1) is 0 Å². The topological polar surface area (TPSA) is 82.4 Å². The maximum absolute atomic E-state index is 4.82. The van der Waals surface area contributed by atoms with Gasteiger partial charge in [-0.3, -0.25) is 0 Å². The number of hydrogen-bond donors (Lipinski definition) is 3. The number of fused-ring (bicyclic) bond motifs is 1. The van der Waals surface area contributed by atoms with Gasteiger partial charge < -0.3 is 20.9 Å². The van der Waals surface area contributed by atoms with Crippen LogP contribution in [0.15, 0.2) is 55.4 Å². The molecule has 1 saturated carbocycles. The molecule has 8 heteroatoms. The van der Waals surface area contributed by atoms with Gasteiger partial charge in [-0.25, -0.2) is 0 Å². The van der Waals surface area contributed by atoms with Crippen molar-refractivity contribution in [1.29, 1.82) is 0 Å². The second-order valence-electron chi connectivity index (χ2n) is 9.15. The molecule has 0 amide bonds. The molecule has 2 heterocycles. The van der Waals surface area contributed by atoms with E-state index >= 15 is 0 Å². The minimum absolute atomic E-state index is 0.389. The predicted octanol–water partition coefficient (Wildman–Crippen LogP) is 4.70. The molecule has 0 unspecified atom stereocenters. The first-order chi connectivity index (χ1) is 16.5. The zero-order valence-electron chi connectivity index (χ0n) is 20.5. The van der Waals surface area contributed by atoms with E-state index in [9.17, 15) is 0 Å². The van der Waals surface area contributed by atoms with E-state index in [-0.39, 0.29) is 0 Å². The molecular weight excluding hydrogens is 424 g/mol. The highest BCUT2D eigenvalue weighted by molar-refractivity contribution is 5.55. The Kier molecular flexibility index (Phi) is 7.47. The van der Waals surface area contributed by atoms with Crippen LogP contribution in [0.3, 0.4) is 0 Å². The molecule has 0 bridgehead atoms. The van der Waals surface area contributed by atoms with Gasteiger partial charge in [0.05, 0.1) is 6.20 Å². The fourth-order valence-electron chi connectivity index (χ4n) is 4.45. The predicted molar refractivity (Wildman–Crippen MR) is 140 cm³/mol. The second-order valence-corrected chi connectivity index (χ2v) is 9.15. The lowest BCUT2D eigenvalue weighted by Crippen LogP contribution is -2.36. The molecule has 1 fully saturated rings. The van der Waals surface area contributed by atoms with Gasteiger partial charge in [0.15, 0.2) is 5.65 Å². The summed E-state index contributed by atoms with van der Waals surface area (Å²) in [4.78, 5) is 12.0. The van der Waals surface area contributed by atoms with Crippen LogP contribution in [-0.4, -0.2) is 50.7 Å². The molecule has 34 heavy (non-hydrogen) atoms. The summed E-state index contributed by atoms with van der Waals surface area (Å²) in [6, 6.07) is 9.24. The third kappa shape index (κ3) is 5.56. The van der Waals surface area contributed by atoms with Crippen LogP contribution in [0.1, 0.15) is 43.7 Å². The summed E-state index contributed by atoms with van der Waals surface area (Å²) < 4.78 is 1.80. The first-order valence-corrected chi connectivity index (χ1v) is 12.1. The van der Waals surface area contributed by atoms with E-state index in [2.05, 4.69) is 72.3 Å². The van der Waals surface area contributed by atoms with Crippen LogP contribution in [0.4, 0.5) is 17.6 Å². The standard InChI is InChI=1S/C26H36N8/c1-6-18(3)29-22-10-8-9-19(15-22)16-27-26-32-25(31-24-20(7-2)17-28-34(24)26)30-21-11-13-23(14-12-21)33(4)5/h6,8-10,15,17,21,23,29H,1,3,7,11-14,16H2,2,4-5H3,(H2,27,30,31,32). The average Bonchev–Trinajstić information content (AvgIpc) is 3.26. The Labute approximate surface area is 202 Å². The lowest BCUT2D eigenvalue weighted by Gasteiger charge is -2.33. The molecule has 0 radical (unpaired) electrons. The maximum atomic E-state index is 4.82. The van der Waals surface area contributed by atoms with Crippen molar-refractivity contribution in [3.8, 4) is 0 Å². The molecule has 0 aliphatic heterocycles. The monoisotopic (exact) mass is 460 g/mol. The Hall–Kier alpha value is -3.39. The van der Waals surface area contributed by atoms with Crippen molar-refractivity contribution in [2.24, 2.45) is 0 Å². The number of hydrogen-bond acceptors (Lipinski definition) is 7. The summed E-state index contributed by atoms with van der Waals surface area (Å²) in [5, 5.41) is 14.9. The van der Waals surface area contributed by atoms with E-state index in [1.165, 1.54) is 12.8 Å². The number of nitrogens with one attached hydrogen (secondary N) is 3. The van der Waals surface area contributed by atoms with Crippen LogP contribution in [0.5, 0.6) is 0 Å². The smallest absolute Gasteiger partial charge is 0.229 e. The van der Waals surface area contributed by atoms with Crippen molar-refractivity contribution in [2.45, 2.75) is 57.7 Å². The summed E-state index contributed by atoms with van der Waals surface area (Å²) in [6.07, 6.45) is 9.07. The zero-order chi connectivity index (χ0) is 24.1. The fraction of sp³-hybridized carbons (Fsp3) is 0.423. The number of benzene rings is 1. The average molecular weight is 461 g/mol. The van der Waals surface area contributed by atoms with Gasteiger partial charge in [0.2, 0.25) is 11.9 Å². The van der Waals surface area contributed by atoms with Gasteiger partial charge in [-0.2, -0.15) is 19.6 Å². The third-order valence-corrected chi connectivity index (χ3v) is 6.51. The molecule has 0 atom stereocenters. The van der Waals surface area contributed by atoms with Crippen LogP contribution < -0.4 is 16.0 Å². The number of nitrogens with zero attached hydrogens (tertiary/aromatic N) is 5. The van der Waals surface area contributed by atoms with Crippen LogP contribution in [-0.2, 0) is 13.0 Å². The number of aromatic nitrogens is 4. The van der Waals surface area contributed by atoms with Crippen molar-refractivity contribution in [1.82, 2.24) is 24.5 Å². The lowest BCUT2D eigenvalue weighted by molar-refractivity contribution is 0.221. The molecule has 0 spiro atoms. The first kappa shape index (κ1) is 23.8. The van der Waals surface area contributed by atoms with Crippen molar-refractivity contribution < 1.29 is 0 Å². The minimum Gasteiger partial charge on any atom is -0.356 e. The number of anilines is 3. The molecule has 1 aliphatic carbocycles. The summed E-state index contributed by atoms with van der Waals surface area (Å²) >= 11 is 0. The molecule has 3 N–H and O–H groups in total. The third-order valence-electron chi connectivity index (χ3n) is 6.51. The Bertz CT molecular complexity index is 1140. The van der Waals surface area contributed by atoms with E-state index in [1.54, 1.807) is 10.6 Å². The molecule has 4 rings (SSSR count). The van der Waals surface area contributed by atoms with E-state index in [0.717, 1.165) is 47.4 Å². The Morgan fingerprint density at radius 3 is 2.71 bits per heavy atom. The molecule has 180 valence electrons. The van der Waals surface area contributed by atoms with Gasteiger partial charge >= 0.3 is 0 Å². The van der Waals surface area contributed by atoms with Crippen molar-refractivity contribution >= 4 is 23.2 Å². The van der Waals surface area contributed by atoms with Crippen LogP contribution in [0.25, 0.3) is 5.65 Å². The number of aryl methyl sites for hydroxylation is 1. The second kappa shape index (κ2) is 10.7. The summed E-state index contributed by atoms with van der Waals surface area (Å²) in [5.74, 6) is 1.35. The SMILES string of the molecule is C=CC(=C)Nc1cccc(CNc2nc(NC3CCC(N(C)C)CC3)nc3c(CC)cnn23)c1. The lowest BCUT2D eigenvalue weighted by atomic mass is 9.91. The van der Waals surface area contributed by atoms with E-state index in [4.69, 9.17) is 9.97 Å². The Morgan fingerprint density at radius 1 is 1.21 bits per heavy atom. The van der Waals surface area contributed by atoms with Crippen molar-refractivity contribution in [2.75, 3.05) is 30.0 Å². The fourth-order valence-corrected chi connectivity index (χ4v) is 4.45. The van der Waals surface area contributed by atoms with Crippen LogP contribution in [0.2, 0.25) is 0 Å². The highest BCUT2D eigenvalue weighted by Gasteiger charge is 2.23. The molecule has 2 aromatic heterocycles. The molecule has 0 saturated heterocycles. The largest absolute Gasteiger partial charge is 0.356 e. The van der Waals surface area contributed by atoms with Gasteiger partial charge in [0.25, 0.3) is 0 Å². The molecule has 1 aromatic carbocycles. The molecule has 1 aliphatic rings.